The summed E-state index contributed by atoms with van der Waals surface area (Å²) in [7, 11) is -3.58. The maximum Gasteiger partial charge on any atom is 0.185 e. The molecule has 3 aromatic carbocycles. The first-order valence-electron chi connectivity index (χ1n) is 13.2. The van der Waals surface area contributed by atoms with Gasteiger partial charge in [-0.3, -0.25) is 4.79 Å². The number of carbonyl (C=O) groups excluding carboxylic acids is 1. The van der Waals surface area contributed by atoms with Crippen LogP contribution in [0.2, 0.25) is 0 Å². The van der Waals surface area contributed by atoms with Crippen molar-refractivity contribution in [2.45, 2.75) is 48.7 Å². The van der Waals surface area contributed by atoms with Crippen molar-refractivity contribution in [3.05, 3.63) is 101 Å². The zero-order valence-electron chi connectivity index (χ0n) is 21.4. The van der Waals surface area contributed by atoms with E-state index in [0.29, 0.717) is 18.2 Å². The molecule has 6 rings (SSSR count). The Hall–Kier alpha value is -3.42. The Bertz CT molecular complexity index is 1610. The fraction of sp³-hybridized carbons (Fsp3) is 0.323. The van der Waals surface area contributed by atoms with Crippen LogP contribution in [0, 0.1) is 12.8 Å². The largest absolute Gasteiger partial charge is 0.316 e. The van der Waals surface area contributed by atoms with E-state index >= 15 is 0 Å². The molecule has 1 aromatic heterocycles. The van der Waals surface area contributed by atoms with Crippen molar-refractivity contribution in [2.75, 3.05) is 13.1 Å². The number of benzene rings is 3. The Labute approximate surface area is 223 Å². The van der Waals surface area contributed by atoms with Crippen LogP contribution >= 0.6 is 0 Å². The van der Waals surface area contributed by atoms with Gasteiger partial charge in [0.15, 0.2) is 9.84 Å². The second-order valence-electron chi connectivity index (χ2n) is 10.6. The molecule has 1 saturated heterocycles. The average molecular weight is 526 g/mol. The molecule has 0 radical (unpaired) electrons. The monoisotopic (exact) mass is 525 g/mol. The second kappa shape index (κ2) is 10.0. The summed E-state index contributed by atoms with van der Waals surface area (Å²) in [5.74, 6) is 0.797. The van der Waals surface area contributed by atoms with Gasteiger partial charge >= 0.3 is 0 Å². The van der Waals surface area contributed by atoms with Crippen molar-refractivity contribution in [1.82, 2.24) is 15.3 Å². The third kappa shape index (κ3) is 5.13. The molecule has 4 aromatic rings. The van der Waals surface area contributed by atoms with E-state index in [2.05, 4.69) is 46.5 Å². The molecule has 0 amide bonds. The molecule has 0 bridgehead atoms. The fourth-order valence-corrected chi connectivity index (χ4v) is 6.83. The molecule has 2 aliphatic rings. The summed E-state index contributed by atoms with van der Waals surface area (Å²) in [6, 6.07) is 21.4. The average Bonchev–Trinajstić information content (AvgIpc) is 3.53. The molecule has 0 spiro atoms. The normalized spacial score (nSPS) is 21.0. The zero-order chi connectivity index (χ0) is 26.3. The molecule has 3 atom stereocenters. The van der Waals surface area contributed by atoms with Crippen LogP contribution in [-0.4, -0.2) is 37.3 Å². The van der Waals surface area contributed by atoms with Gasteiger partial charge in [0.05, 0.1) is 4.90 Å². The number of hydrogen-bond donors (Lipinski definition) is 1. The molecule has 6 nitrogen and oxygen atoms in total. The van der Waals surface area contributed by atoms with Gasteiger partial charge in [0.1, 0.15) is 17.4 Å². The zero-order valence-corrected chi connectivity index (χ0v) is 22.2. The van der Waals surface area contributed by atoms with Crippen LogP contribution in [0.4, 0.5) is 0 Å². The van der Waals surface area contributed by atoms with Crippen molar-refractivity contribution in [3.63, 3.8) is 0 Å². The van der Waals surface area contributed by atoms with Gasteiger partial charge in [0, 0.05) is 36.7 Å². The third-order valence-electron chi connectivity index (χ3n) is 7.94. The number of rotatable bonds is 8. The van der Waals surface area contributed by atoms with E-state index in [9.17, 15) is 13.2 Å². The Kier molecular flexibility index (Phi) is 6.58. The lowest BCUT2D eigenvalue weighted by Gasteiger charge is -2.10. The first-order chi connectivity index (χ1) is 18.4. The highest BCUT2D eigenvalue weighted by molar-refractivity contribution is 7.90. The Morgan fingerprint density at radius 2 is 1.89 bits per heavy atom. The summed E-state index contributed by atoms with van der Waals surface area (Å²) in [6.45, 7) is 3.90. The number of ketones is 1. The van der Waals surface area contributed by atoms with Gasteiger partial charge in [-0.25, -0.2) is 18.4 Å². The lowest BCUT2D eigenvalue weighted by atomic mass is 9.98. The molecule has 1 aliphatic heterocycles. The number of sulfone groups is 1. The summed E-state index contributed by atoms with van der Waals surface area (Å²) < 4.78 is 26.2. The van der Waals surface area contributed by atoms with Crippen molar-refractivity contribution in [3.8, 4) is 0 Å². The van der Waals surface area contributed by atoms with E-state index < -0.39 is 9.84 Å². The summed E-state index contributed by atoms with van der Waals surface area (Å²) in [5, 5.41) is 5.69. The SMILES string of the molecule is Cc1cccc2ccc(CC(=O)[C@@H]3C[C@H]3c3ccc(S(=O)(=O)Cc4nccc(C5CCNC5)n4)cc3)cc12. The van der Waals surface area contributed by atoms with Crippen LogP contribution in [0.25, 0.3) is 10.8 Å². The minimum absolute atomic E-state index is 0.00811. The van der Waals surface area contributed by atoms with Crippen molar-refractivity contribution in [1.29, 1.82) is 0 Å². The first-order valence-corrected chi connectivity index (χ1v) is 14.9. The van der Waals surface area contributed by atoms with E-state index in [1.165, 1.54) is 16.3 Å². The third-order valence-corrected chi connectivity index (χ3v) is 9.57. The van der Waals surface area contributed by atoms with E-state index in [-0.39, 0.29) is 28.3 Å². The van der Waals surface area contributed by atoms with Crippen LogP contribution in [-0.2, 0) is 26.8 Å². The van der Waals surface area contributed by atoms with E-state index in [1.807, 2.05) is 30.3 Å². The highest BCUT2D eigenvalue weighted by Crippen LogP contribution is 2.48. The molecule has 2 fully saturated rings. The van der Waals surface area contributed by atoms with Crippen molar-refractivity contribution >= 4 is 26.4 Å². The highest BCUT2D eigenvalue weighted by Gasteiger charge is 2.43. The van der Waals surface area contributed by atoms with Crippen molar-refractivity contribution in [2.24, 2.45) is 5.92 Å². The summed E-state index contributed by atoms with van der Waals surface area (Å²) >= 11 is 0. The number of hydrogen-bond acceptors (Lipinski definition) is 6. The number of nitrogens with one attached hydrogen (secondary N) is 1. The highest BCUT2D eigenvalue weighted by atomic mass is 32.2. The molecule has 38 heavy (non-hydrogen) atoms. The lowest BCUT2D eigenvalue weighted by Crippen LogP contribution is -2.12. The minimum atomic E-state index is -3.58. The Balaban J connectivity index is 1.10. The molecular formula is C31H31N3O3S. The smallest absolute Gasteiger partial charge is 0.185 e. The summed E-state index contributed by atoms with van der Waals surface area (Å²) in [4.78, 5) is 22.0. The van der Waals surface area contributed by atoms with Gasteiger partial charge < -0.3 is 5.32 Å². The molecular weight excluding hydrogens is 494 g/mol. The molecule has 1 unspecified atom stereocenters. The van der Waals surface area contributed by atoms with Gasteiger partial charge in [-0.2, -0.15) is 0 Å². The standard InChI is InChI=1S/C31H31N3O3S/c1-20-3-2-4-22-6-5-21(15-26(20)22)16-30(35)28-17-27(28)23-7-9-25(10-8-23)38(36,37)19-31-33-14-12-29(34-31)24-11-13-32-18-24/h2-10,12,14-15,24,27-28,32H,11,13,16-19H2,1H3/t24?,27-,28+/m0/s1. The summed E-state index contributed by atoms with van der Waals surface area (Å²) in [5.41, 5.74) is 4.17. The predicted molar refractivity (Wildman–Crippen MR) is 148 cm³/mol. The quantitative estimate of drug-likeness (QED) is 0.352. The van der Waals surface area contributed by atoms with Gasteiger partial charge in [-0.05, 0) is 77.9 Å². The number of aromatic nitrogens is 2. The van der Waals surface area contributed by atoms with Crippen LogP contribution in [0.5, 0.6) is 0 Å². The molecule has 7 heteroatoms. The number of carbonyl (C=O) groups is 1. The molecule has 194 valence electrons. The molecule has 1 aliphatic carbocycles. The number of Topliss-reactive ketones (excluding diaryl/α,β-unsaturated/α-hetero) is 1. The van der Waals surface area contributed by atoms with Crippen LogP contribution in [0.3, 0.4) is 0 Å². The molecule has 1 saturated carbocycles. The van der Waals surface area contributed by atoms with Crippen molar-refractivity contribution < 1.29 is 13.2 Å². The fourth-order valence-electron chi connectivity index (χ4n) is 5.63. The van der Waals surface area contributed by atoms with E-state index in [1.54, 1.807) is 18.3 Å². The minimum Gasteiger partial charge on any atom is -0.316 e. The van der Waals surface area contributed by atoms with Crippen LogP contribution < -0.4 is 5.32 Å². The summed E-state index contributed by atoms with van der Waals surface area (Å²) in [6.07, 6.45) is 3.89. The van der Waals surface area contributed by atoms with E-state index in [0.717, 1.165) is 42.8 Å². The van der Waals surface area contributed by atoms with Gasteiger partial charge in [-0.1, -0.05) is 48.5 Å². The maximum absolute atomic E-state index is 13.1. The number of aryl methyl sites for hydroxylation is 1. The Morgan fingerprint density at radius 1 is 1.05 bits per heavy atom. The molecule has 2 heterocycles. The van der Waals surface area contributed by atoms with Gasteiger partial charge in [0.2, 0.25) is 0 Å². The lowest BCUT2D eigenvalue weighted by molar-refractivity contribution is -0.119. The van der Waals surface area contributed by atoms with Crippen LogP contribution in [0.1, 0.15) is 52.9 Å². The van der Waals surface area contributed by atoms with Crippen LogP contribution in [0.15, 0.2) is 77.8 Å². The van der Waals surface area contributed by atoms with Gasteiger partial charge in [0.25, 0.3) is 0 Å². The predicted octanol–water partition coefficient (Wildman–Crippen LogP) is 4.90. The molecule has 1 N–H and O–H groups in total. The van der Waals surface area contributed by atoms with E-state index in [4.69, 9.17) is 0 Å². The van der Waals surface area contributed by atoms with Gasteiger partial charge in [-0.15, -0.1) is 0 Å². The second-order valence-corrected chi connectivity index (χ2v) is 12.6. The first kappa shape index (κ1) is 24.9. The number of fused-ring (bicyclic) bond motifs is 1. The maximum atomic E-state index is 13.1. The Morgan fingerprint density at radius 3 is 2.68 bits per heavy atom. The number of nitrogens with zero attached hydrogens (tertiary/aromatic N) is 2. The topological polar surface area (TPSA) is 89.0 Å².